The molecule has 3 atom stereocenters. The fourth-order valence-corrected chi connectivity index (χ4v) is 3.70. The number of hydrogen-bond donors (Lipinski definition) is 3. The normalized spacial score (nSPS) is 13.8. The molecule has 2 aromatic rings. The third-order valence-electron chi connectivity index (χ3n) is 5.64. The highest BCUT2D eigenvalue weighted by molar-refractivity contribution is 5.78. The molecule has 3 N–H and O–H groups in total. The second-order valence-electron chi connectivity index (χ2n) is 10.2. The number of carbonyl (C=O) groups excluding carboxylic acids is 2. The number of aliphatic hydroxyl groups is 1. The van der Waals surface area contributed by atoms with E-state index in [0.29, 0.717) is 25.3 Å². The van der Waals surface area contributed by atoms with Crippen LogP contribution in [0.25, 0.3) is 0 Å². The Labute approximate surface area is 215 Å². The van der Waals surface area contributed by atoms with Gasteiger partial charge in [0.15, 0.2) is 0 Å². The number of unbranched alkanes of at least 4 members (excludes halogenated alkanes) is 1. The van der Waals surface area contributed by atoms with Gasteiger partial charge in [-0.05, 0) is 63.3 Å². The fraction of sp³-hybridized carbons (Fsp3) is 0.517. The molecule has 2 aromatic carbocycles. The highest BCUT2D eigenvalue weighted by Crippen LogP contribution is 2.20. The zero-order valence-corrected chi connectivity index (χ0v) is 22.3. The van der Waals surface area contributed by atoms with Crippen LogP contribution in [-0.4, -0.2) is 41.4 Å². The summed E-state index contributed by atoms with van der Waals surface area (Å²) < 4.78 is 11.4. The first kappa shape index (κ1) is 29.2. The molecule has 0 unspecified atom stereocenters. The molecule has 7 heteroatoms. The molecule has 2 rings (SSSR count). The molecule has 7 nitrogen and oxygen atoms in total. The molecule has 0 heterocycles. The first-order valence-corrected chi connectivity index (χ1v) is 12.8. The molecule has 0 radical (unpaired) electrons. The van der Waals surface area contributed by atoms with Gasteiger partial charge in [0.25, 0.3) is 0 Å². The summed E-state index contributed by atoms with van der Waals surface area (Å²) >= 11 is 0. The Bertz CT molecular complexity index is 942. The van der Waals surface area contributed by atoms with E-state index in [1.165, 1.54) is 0 Å². The number of rotatable bonds is 13. The van der Waals surface area contributed by atoms with Crippen molar-refractivity contribution in [1.82, 2.24) is 10.6 Å². The fourth-order valence-electron chi connectivity index (χ4n) is 3.70. The van der Waals surface area contributed by atoms with Gasteiger partial charge in [0.1, 0.15) is 18.0 Å². The van der Waals surface area contributed by atoms with Gasteiger partial charge in [0, 0.05) is 12.5 Å². The van der Waals surface area contributed by atoms with E-state index in [1.807, 2.05) is 54.6 Å². The molecule has 0 aromatic heterocycles. The van der Waals surface area contributed by atoms with Gasteiger partial charge in [0.05, 0.1) is 12.1 Å². The third kappa shape index (κ3) is 11.1. The zero-order valence-electron chi connectivity index (χ0n) is 22.3. The molecule has 0 fully saturated rings. The SMILES string of the molecule is CCCCNC(=O)[C@H](C)C[C@H](O)[C@H](Cc1cccc(OCc2ccccc2)c1)NC(=O)OC(C)(C)C. The summed E-state index contributed by atoms with van der Waals surface area (Å²) in [5.41, 5.74) is 1.28. The van der Waals surface area contributed by atoms with Crippen LogP contribution in [-0.2, 0) is 22.6 Å². The molecule has 0 spiro atoms. The van der Waals surface area contributed by atoms with E-state index in [4.69, 9.17) is 9.47 Å². The first-order valence-electron chi connectivity index (χ1n) is 12.8. The number of benzene rings is 2. The largest absolute Gasteiger partial charge is 0.489 e. The van der Waals surface area contributed by atoms with Crippen molar-refractivity contribution in [2.24, 2.45) is 5.92 Å². The maximum absolute atomic E-state index is 12.5. The van der Waals surface area contributed by atoms with Crippen LogP contribution in [0.3, 0.4) is 0 Å². The second kappa shape index (κ2) is 14.5. The van der Waals surface area contributed by atoms with E-state index in [-0.39, 0.29) is 12.3 Å². The Hall–Kier alpha value is -3.06. The van der Waals surface area contributed by atoms with E-state index in [2.05, 4.69) is 17.6 Å². The topological polar surface area (TPSA) is 96.9 Å². The molecule has 0 aliphatic rings. The number of ether oxygens (including phenoxy) is 2. The van der Waals surface area contributed by atoms with Gasteiger partial charge in [-0.2, -0.15) is 0 Å². The van der Waals surface area contributed by atoms with Gasteiger partial charge >= 0.3 is 6.09 Å². The second-order valence-corrected chi connectivity index (χ2v) is 10.2. The van der Waals surface area contributed by atoms with Crippen LogP contribution in [0, 0.1) is 5.92 Å². The van der Waals surface area contributed by atoms with Gasteiger partial charge in [-0.3, -0.25) is 4.79 Å². The van der Waals surface area contributed by atoms with Gasteiger partial charge in [-0.25, -0.2) is 4.79 Å². The molecule has 0 aliphatic carbocycles. The van der Waals surface area contributed by atoms with Crippen molar-refractivity contribution in [3.63, 3.8) is 0 Å². The van der Waals surface area contributed by atoms with E-state index < -0.39 is 29.8 Å². The Kier molecular flexibility index (Phi) is 11.7. The third-order valence-corrected chi connectivity index (χ3v) is 5.64. The van der Waals surface area contributed by atoms with E-state index in [1.54, 1.807) is 27.7 Å². The van der Waals surface area contributed by atoms with Crippen molar-refractivity contribution in [3.05, 3.63) is 65.7 Å². The summed E-state index contributed by atoms with van der Waals surface area (Å²) in [4.78, 5) is 25.0. The monoisotopic (exact) mass is 498 g/mol. The van der Waals surface area contributed by atoms with Crippen molar-refractivity contribution < 1.29 is 24.2 Å². The van der Waals surface area contributed by atoms with Crippen LogP contribution in [0.2, 0.25) is 0 Å². The predicted octanol–water partition coefficient (Wildman–Crippen LogP) is 5.00. The lowest BCUT2D eigenvalue weighted by atomic mass is 9.93. The van der Waals surface area contributed by atoms with Gasteiger partial charge in [-0.1, -0.05) is 62.7 Å². The minimum absolute atomic E-state index is 0.102. The van der Waals surface area contributed by atoms with Crippen molar-refractivity contribution >= 4 is 12.0 Å². The van der Waals surface area contributed by atoms with Gasteiger partial charge in [0.2, 0.25) is 5.91 Å². The number of nitrogens with one attached hydrogen (secondary N) is 2. The van der Waals surface area contributed by atoms with E-state index in [9.17, 15) is 14.7 Å². The predicted molar refractivity (Wildman–Crippen MR) is 142 cm³/mol. The van der Waals surface area contributed by atoms with Crippen LogP contribution in [0.1, 0.15) is 65.0 Å². The zero-order chi connectivity index (χ0) is 26.6. The molecule has 0 bridgehead atoms. The number of aliphatic hydroxyl groups excluding tert-OH is 1. The Balaban J connectivity index is 2.08. The van der Waals surface area contributed by atoms with Crippen LogP contribution < -0.4 is 15.4 Å². The quantitative estimate of drug-likeness (QED) is 0.338. The van der Waals surface area contributed by atoms with Crippen LogP contribution in [0.4, 0.5) is 4.79 Å². The lowest BCUT2D eigenvalue weighted by Crippen LogP contribution is -2.48. The van der Waals surface area contributed by atoms with Crippen LogP contribution >= 0.6 is 0 Å². The first-order chi connectivity index (χ1) is 17.1. The summed E-state index contributed by atoms with van der Waals surface area (Å²) in [7, 11) is 0. The lowest BCUT2D eigenvalue weighted by Gasteiger charge is -2.28. The average molecular weight is 499 g/mol. The smallest absolute Gasteiger partial charge is 0.407 e. The molecule has 2 amide bonds. The average Bonchev–Trinajstić information content (AvgIpc) is 2.82. The number of hydrogen-bond acceptors (Lipinski definition) is 5. The standard InChI is InChI=1S/C29H42N2O5/c1-6-7-16-30-27(33)21(2)17-26(32)25(31-28(34)36-29(3,4)5)19-23-14-11-15-24(18-23)35-20-22-12-9-8-10-13-22/h8-15,18,21,25-26,32H,6-7,16-17,19-20H2,1-5H3,(H,30,33)(H,31,34)/t21-,25+,26+/m1/s1. The van der Waals surface area contributed by atoms with Crippen LogP contribution in [0.15, 0.2) is 54.6 Å². The number of carbonyl (C=O) groups is 2. The molecule has 0 aliphatic heterocycles. The highest BCUT2D eigenvalue weighted by Gasteiger charge is 2.28. The van der Waals surface area contributed by atoms with E-state index >= 15 is 0 Å². The Morgan fingerprint density at radius 2 is 1.72 bits per heavy atom. The lowest BCUT2D eigenvalue weighted by molar-refractivity contribution is -0.125. The maximum atomic E-state index is 12.5. The summed E-state index contributed by atoms with van der Waals surface area (Å²) in [5.74, 6) is 0.195. The van der Waals surface area contributed by atoms with Gasteiger partial charge in [-0.15, -0.1) is 0 Å². The molecular weight excluding hydrogens is 456 g/mol. The summed E-state index contributed by atoms with van der Waals surface area (Å²) in [5, 5.41) is 16.8. The van der Waals surface area contributed by atoms with Crippen molar-refractivity contribution in [3.8, 4) is 5.75 Å². The summed E-state index contributed by atoms with van der Waals surface area (Å²) in [6.07, 6.45) is 0.914. The van der Waals surface area contributed by atoms with E-state index in [0.717, 1.165) is 24.0 Å². The Morgan fingerprint density at radius 1 is 1.03 bits per heavy atom. The minimum atomic E-state index is -0.946. The van der Waals surface area contributed by atoms with Crippen LogP contribution in [0.5, 0.6) is 5.75 Å². The maximum Gasteiger partial charge on any atom is 0.407 e. The molecule has 0 saturated heterocycles. The molecule has 0 saturated carbocycles. The Morgan fingerprint density at radius 3 is 2.39 bits per heavy atom. The van der Waals surface area contributed by atoms with Crippen molar-refractivity contribution in [2.45, 2.75) is 84.7 Å². The summed E-state index contributed by atoms with van der Waals surface area (Å²) in [6.45, 7) is 10.3. The highest BCUT2D eigenvalue weighted by atomic mass is 16.6. The van der Waals surface area contributed by atoms with Crippen molar-refractivity contribution in [2.75, 3.05) is 6.54 Å². The molecular formula is C29H42N2O5. The van der Waals surface area contributed by atoms with Crippen molar-refractivity contribution in [1.29, 1.82) is 0 Å². The summed E-state index contributed by atoms with van der Waals surface area (Å²) in [6, 6.07) is 16.8. The van der Waals surface area contributed by atoms with Gasteiger partial charge < -0.3 is 25.2 Å². The molecule has 198 valence electrons. The molecule has 36 heavy (non-hydrogen) atoms. The number of amides is 2. The number of alkyl carbamates (subject to hydrolysis) is 1. The minimum Gasteiger partial charge on any atom is -0.489 e.